The largest absolute Gasteiger partial charge is 0.344 e. The topological polar surface area (TPSA) is 46.9 Å². The first-order valence-corrected chi connectivity index (χ1v) is 7.67. The summed E-state index contributed by atoms with van der Waals surface area (Å²) in [5, 5.41) is 3.63. The Bertz CT molecular complexity index is 814. The van der Waals surface area contributed by atoms with Crippen LogP contribution in [0.1, 0.15) is 29.0 Å². The second kappa shape index (κ2) is 6.67. The van der Waals surface area contributed by atoms with E-state index in [2.05, 4.69) is 10.3 Å². The van der Waals surface area contributed by atoms with Gasteiger partial charge in [0.1, 0.15) is 5.69 Å². The summed E-state index contributed by atoms with van der Waals surface area (Å²) in [6.45, 7) is 1.92. The predicted molar refractivity (Wildman–Crippen MR) is 90.9 cm³/mol. The minimum atomic E-state index is -0.182. The Morgan fingerprint density at radius 3 is 2.70 bits per heavy atom. The van der Waals surface area contributed by atoms with Crippen LogP contribution in [0, 0.1) is 0 Å². The SMILES string of the molecule is CC(NC(=O)c1cncn1-c1ccccc1)c1cccc(Cl)c1. The Hall–Kier alpha value is -2.59. The normalized spacial score (nSPS) is 11.9. The number of hydrogen-bond acceptors (Lipinski definition) is 2. The van der Waals surface area contributed by atoms with Crippen LogP contribution in [0.25, 0.3) is 5.69 Å². The minimum absolute atomic E-state index is 0.152. The van der Waals surface area contributed by atoms with E-state index in [4.69, 9.17) is 11.6 Å². The smallest absolute Gasteiger partial charge is 0.270 e. The van der Waals surface area contributed by atoms with Gasteiger partial charge in [-0.15, -0.1) is 0 Å². The molecule has 1 aromatic heterocycles. The molecule has 0 radical (unpaired) electrons. The van der Waals surface area contributed by atoms with Gasteiger partial charge in [0, 0.05) is 10.7 Å². The van der Waals surface area contributed by atoms with Crippen molar-refractivity contribution in [3.05, 3.63) is 83.4 Å². The van der Waals surface area contributed by atoms with Crippen molar-refractivity contribution in [2.24, 2.45) is 0 Å². The molecule has 0 spiro atoms. The number of aromatic nitrogens is 2. The van der Waals surface area contributed by atoms with Crippen LogP contribution in [-0.4, -0.2) is 15.5 Å². The van der Waals surface area contributed by atoms with Crippen LogP contribution in [0.4, 0.5) is 0 Å². The Morgan fingerprint density at radius 1 is 1.17 bits per heavy atom. The molecule has 0 aliphatic heterocycles. The number of nitrogens with one attached hydrogen (secondary N) is 1. The summed E-state index contributed by atoms with van der Waals surface area (Å²) >= 11 is 6.00. The van der Waals surface area contributed by atoms with E-state index in [-0.39, 0.29) is 11.9 Å². The first kappa shape index (κ1) is 15.3. The number of nitrogens with zero attached hydrogens (tertiary/aromatic N) is 2. The number of carbonyl (C=O) groups is 1. The van der Waals surface area contributed by atoms with Crippen LogP contribution >= 0.6 is 11.6 Å². The number of rotatable bonds is 4. The maximum atomic E-state index is 12.6. The van der Waals surface area contributed by atoms with Gasteiger partial charge in [-0.25, -0.2) is 4.98 Å². The Balaban J connectivity index is 1.81. The summed E-state index contributed by atoms with van der Waals surface area (Å²) in [5.74, 6) is -0.182. The van der Waals surface area contributed by atoms with Crippen molar-refractivity contribution in [3.63, 3.8) is 0 Å². The van der Waals surface area contributed by atoms with E-state index >= 15 is 0 Å². The van der Waals surface area contributed by atoms with E-state index in [1.165, 1.54) is 0 Å². The van der Waals surface area contributed by atoms with Gasteiger partial charge in [0.2, 0.25) is 0 Å². The predicted octanol–water partition coefficient (Wildman–Crippen LogP) is 4.02. The van der Waals surface area contributed by atoms with Crippen molar-refractivity contribution in [2.75, 3.05) is 0 Å². The monoisotopic (exact) mass is 325 g/mol. The van der Waals surface area contributed by atoms with Gasteiger partial charge < -0.3 is 5.32 Å². The van der Waals surface area contributed by atoms with Crippen LogP contribution in [0.3, 0.4) is 0 Å². The molecule has 1 atom stereocenters. The van der Waals surface area contributed by atoms with Crippen molar-refractivity contribution in [1.82, 2.24) is 14.9 Å². The van der Waals surface area contributed by atoms with Crippen LogP contribution in [0.2, 0.25) is 5.02 Å². The van der Waals surface area contributed by atoms with E-state index in [0.29, 0.717) is 10.7 Å². The lowest BCUT2D eigenvalue weighted by atomic mass is 10.1. The molecule has 1 amide bonds. The molecule has 1 N–H and O–H groups in total. The number of imidazole rings is 1. The molecule has 0 saturated heterocycles. The number of halogens is 1. The zero-order valence-corrected chi connectivity index (χ0v) is 13.4. The lowest BCUT2D eigenvalue weighted by Gasteiger charge is -2.15. The van der Waals surface area contributed by atoms with E-state index in [0.717, 1.165) is 11.3 Å². The zero-order chi connectivity index (χ0) is 16.2. The highest BCUT2D eigenvalue weighted by Crippen LogP contribution is 2.18. The summed E-state index contributed by atoms with van der Waals surface area (Å²) < 4.78 is 1.76. The third kappa shape index (κ3) is 3.43. The van der Waals surface area contributed by atoms with Gasteiger partial charge in [0.05, 0.1) is 18.6 Å². The molecule has 5 heteroatoms. The molecule has 4 nitrogen and oxygen atoms in total. The van der Waals surface area contributed by atoms with Gasteiger partial charge in [-0.1, -0.05) is 41.9 Å². The van der Waals surface area contributed by atoms with Crippen molar-refractivity contribution in [2.45, 2.75) is 13.0 Å². The Labute approximate surface area is 139 Å². The van der Waals surface area contributed by atoms with Crippen molar-refractivity contribution < 1.29 is 4.79 Å². The standard InChI is InChI=1S/C18H16ClN3O/c1-13(14-6-5-7-15(19)10-14)21-18(23)17-11-20-12-22(17)16-8-3-2-4-9-16/h2-13H,1H3,(H,21,23). The maximum Gasteiger partial charge on any atom is 0.270 e. The first-order chi connectivity index (χ1) is 11.1. The minimum Gasteiger partial charge on any atom is -0.344 e. The van der Waals surface area contributed by atoms with E-state index in [9.17, 15) is 4.79 Å². The summed E-state index contributed by atoms with van der Waals surface area (Å²) in [6, 6.07) is 16.9. The molecule has 0 saturated carbocycles. The summed E-state index contributed by atoms with van der Waals surface area (Å²) in [6.07, 6.45) is 3.20. The van der Waals surface area contributed by atoms with Gasteiger partial charge in [0.15, 0.2) is 0 Å². The molecule has 23 heavy (non-hydrogen) atoms. The fraction of sp³-hybridized carbons (Fsp3) is 0.111. The number of amides is 1. The van der Waals surface area contributed by atoms with E-state index < -0.39 is 0 Å². The number of hydrogen-bond donors (Lipinski definition) is 1. The first-order valence-electron chi connectivity index (χ1n) is 7.29. The fourth-order valence-corrected chi connectivity index (χ4v) is 2.59. The lowest BCUT2D eigenvalue weighted by Crippen LogP contribution is -2.28. The van der Waals surface area contributed by atoms with Crippen molar-refractivity contribution in [1.29, 1.82) is 0 Å². The van der Waals surface area contributed by atoms with Gasteiger partial charge in [0.25, 0.3) is 5.91 Å². The Morgan fingerprint density at radius 2 is 1.96 bits per heavy atom. The van der Waals surface area contributed by atoms with E-state index in [1.54, 1.807) is 17.1 Å². The summed E-state index contributed by atoms with van der Waals surface area (Å²) in [5.41, 5.74) is 2.34. The quantitative estimate of drug-likeness (QED) is 0.787. The van der Waals surface area contributed by atoms with Crippen LogP contribution in [0.15, 0.2) is 67.1 Å². The molecule has 2 aromatic carbocycles. The second-order valence-corrected chi connectivity index (χ2v) is 5.67. The maximum absolute atomic E-state index is 12.6. The zero-order valence-electron chi connectivity index (χ0n) is 12.6. The van der Waals surface area contributed by atoms with Gasteiger partial charge in [-0.05, 0) is 36.8 Å². The molecule has 1 unspecified atom stereocenters. The lowest BCUT2D eigenvalue weighted by molar-refractivity contribution is 0.0933. The van der Waals surface area contributed by atoms with Crippen LogP contribution < -0.4 is 5.32 Å². The molecular weight excluding hydrogens is 310 g/mol. The highest BCUT2D eigenvalue weighted by atomic mass is 35.5. The summed E-state index contributed by atoms with van der Waals surface area (Å²) in [7, 11) is 0. The van der Waals surface area contributed by atoms with E-state index in [1.807, 2.05) is 61.5 Å². The molecule has 0 aliphatic carbocycles. The van der Waals surface area contributed by atoms with Crippen molar-refractivity contribution >= 4 is 17.5 Å². The fourth-order valence-electron chi connectivity index (χ4n) is 2.39. The van der Waals surface area contributed by atoms with Gasteiger partial charge >= 0.3 is 0 Å². The third-order valence-corrected chi connectivity index (χ3v) is 3.84. The van der Waals surface area contributed by atoms with Crippen LogP contribution in [-0.2, 0) is 0 Å². The number of carbonyl (C=O) groups excluding carboxylic acids is 1. The Kier molecular flexibility index (Phi) is 4.44. The summed E-state index contributed by atoms with van der Waals surface area (Å²) in [4.78, 5) is 16.7. The second-order valence-electron chi connectivity index (χ2n) is 5.23. The third-order valence-electron chi connectivity index (χ3n) is 3.60. The highest BCUT2D eigenvalue weighted by Gasteiger charge is 2.16. The average molecular weight is 326 g/mol. The average Bonchev–Trinajstić information content (AvgIpc) is 3.05. The molecular formula is C18H16ClN3O. The van der Waals surface area contributed by atoms with Crippen molar-refractivity contribution in [3.8, 4) is 5.69 Å². The molecule has 116 valence electrons. The molecule has 3 aromatic rings. The molecule has 0 aliphatic rings. The highest BCUT2D eigenvalue weighted by molar-refractivity contribution is 6.30. The van der Waals surface area contributed by atoms with Crippen LogP contribution in [0.5, 0.6) is 0 Å². The molecule has 0 fully saturated rings. The number of benzene rings is 2. The number of para-hydroxylation sites is 1. The molecule has 1 heterocycles. The van der Waals surface area contributed by atoms with Gasteiger partial charge in [-0.2, -0.15) is 0 Å². The van der Waals surface area contributed by atoms with Gasteiger partial charge in [-0.3, -0.25) is 9.36 Å². The molecule has 3 rings (SSSR count). The molecule has 0 bridgehead atoms.